The molecular weight excluding hydrogens is 236 g/mol. The normalized spacial score (nSPS) is 28.4. The fourth-order valence-corrected chi connectivity index (χ4v) is 2.69. The first kappa shape index (κ1) is 12.6. The lowest BCUT2D eigenvalue weighted by atomic mass is 9.92. The van der Waals surface area contributed by atoms with Crippen LogP contribution in [-0.2, 0) is 4.79 Å². The second kappa shape index (κ2) is 5.61. The Labute approximate surface area is 99.3 Å². The molecule has 15 heavy (non-hydrogen) atoms. The molecule has 0 saturated heterocycles. The van der Waals surface area contributed by atoms with Crippen LogP contribution >= 0.6 is 24.2 Å². The highest BCUT2D eigenvalue weighted by molar-refractivity contribution is 8.14. The molecule has 2 rings (SSSR count). The van der Waals surface area contributed by atoms with Crippen molar-refractivity contribution >= 4 is 35.3 Å². The third-order valence-corrected chi connectivity index (χ3v) is 3.54. The SMILES string of the molecule is Cl.O=C(O)CSC1=NC2CCCCC2N1. The summed E-state index contributed by atoms with van der Waals surface area (Å²) >= 11 is 1.30. The van der Waals surface area contributed by atoms with Crippen LogP contribution in [0.3, 0.4) is 0 Å². The van der Waals surface area contributed by atoms with Gasteiger partial charge < -0.3 is 10.4 Å². The Morgan fingerprint density at radius 2 is 2.27 bits per heavy atom. The Bertz CT molecular complexity index is 273. The first-order valence-corrected chi connectivity index (χ1v) is 5.93. The molecule has 1 fully saturated rings. The van der Waals surface area contributed by atoms with E-state index in [1.165, 1.54) is 31.0 Å². The Hall–Kier alpha value is -0.420. The van der Waals surface area contributed by atoms with Crippen LogP contribution in [0.1, 0.15) is 25.7 Å². The summed E-state index contributed by atoms with van der Waals surface area (Å²) in [5.74, 6) is -0.681. The summed E-state index contributed by atoms with van der Waals surface area (Å²) in [6.07, 6.45) is 4.84. The number of aliphatic imine (C=N–C) groups is 1. The number of carboxylic acids is 1. The molecule has 0 spiro atoms. The van der Waals surface area contributed by atoms with Gasteiger partial charge in [-0.3, -0.25) is 9.79 Å². The number of carbonyl (C=O) groups is 1. The molecule has 1 aliphatic heterocycles. The van der Waals surface area contributed by atoms with Crippen LogP contribution in [0.2, 0.25) is 0 Å². The molecule has 2 aliphatic rings. The van der Waals surface area contributed by atoms with E-state index in [2.05, 4.69) is 10.3 Å². The summed E-state index contributed by atoms with van der Waals surface area (Å²) in [6.45, 7) is 0. The van der Waals surface area contributed by atoms with Crippen molar-refractivity contribution in [3.63, 3.8) is 0 Å². The van der Waals surface area contributed by atoms with E-state index in [9.17, 15) is 4.79 Å². The van der Waals surface area contributed by atoms with Crippen LogP contribution in [0.25, 0.3) is 0 Å². The highest BCUT2D eigenvalue weighted by atomic mass is 35.5. The van der Waals surface area contributed by atoms with Crippen molar-refractivity contribution in [1.82, 2.24) is 5.32 Å². The summed E-state index contributed by atoms with van der Waals surface area (Å²) < 4.78 is 0. The molecule has 86 valence electrons. The number of nitrogens with zero attached hydrogens (tertiary/aromatic N) is 1. The van der Waals surface area contributed by atoms with Crippen LogP contribution in [0, 0.1) is 0 Å². The second-order valence-corrected chi connectivity index (χ2v) is 4.68. The molecule has 1 heterocycles. The van der Waals surface area contributed by atoms with Crippen LogP contribution in [0.4, 0.5) is 0 Å². The lowest BCUT2D eigenvalue weighted by molar-refractivity contribution is -0.133. The van der Waals surface area contributed by atoms with Crippen LogP contribution in [-0.4, -0.2) is 34.1 Å². The molecule has 2 unspecified atom stereocenters. The minimum atomic E-state index is -0.783. The van der Waals surface area contributed by atoms with Gasteiger partial charge in [0.05, 0.1) is 17.8 Å². The van der Waals surface area contributed by atoms with Crippen molar-refractivity contribution in [2.45, 2.75) is 37.8 Å². The minimum absolute atomic E-state index is 0. The van der Waals surface area contributed by atoms with Crippen molar-refractivity contribution in [2.24, 2.45) is 4.99 Å². The number of hydrogen-bond donors (Lipinski definition) is 2. The Balaban J connectivity index is 0.00000112. The largest absolute Gasteiger partial charge is 0.481 e. The van der Waals surface area contributed by atoms with Gasteiger partial charge in [0.1, 0.15) is 0 Å². The van der Waals surface area contributed by atoms with Crippen LogP contribution in [0.5, 0.6) is 0 Å². The topological polar surface area (TPSA) is 61.7 Å². The number of fused-ring (bicyclic) bond motifs is 1. The van der Waals surface area contributed by atoms with Gasteiger partial charge in [0.15, 0.2) is 5.17 Å². The molecule has 2 atom stereocenters. The maximum absolute atomic E-state index is 10.4. The van der Waals surface area contributed by atoms with Gasteiger partial charge in [-0.2, -0.15) is 0 Å². The van der Waals surface area contributed by atoms with Gasteiger partial charge in [0, 0.05) is 0 Å². The number of rotatable bonds is 2. The van der Waals surface area contributed by atoms with E-state index in [1.807, 2.05) is 0 Å². The Morgan fingerprint density at radius 3 is 2.93 bits per heavy atom. The van der Waals surface area contributed by atoms with Gasteiger partial charge in [-0.15, -0.1) is 12.4 Å². The molecule has 0 aromatic rings. The Kier molecular flexibility index (Phi) is 4.73. The Morgan fingerprint density at radius 1 is 1.53 bits per heavy atom. The molecule has 0 radical (unpaired) electrons. The fraction of sp³-hybridized carbons (Fsp3) is 0.778. The molecule has 0 bridgehead atoms. The summed E-state index contributed by atoms with van der Waals surface area (Å²) in [5, 5.41) is 12.7. The number of amidine groups is 1. The monoisotopic (exact) mass is 250 g/mol. The first-order chi connectivity index (χ1) is 6.75. The highest BCUT2D eigenvalue weighted by Crippen LogP contribution is 2.26. The van der Waals surface area contributed by atoms with Crippen molar-refractivity contribution in [1.29, 1.82) is 0 Å². The zero-order valence-corrected chi connectivity index (χ0v) is 9.94. The van der Waals surface area contributed by atoms with Gasteiger partial charge in [0.2, 0.25) is 0 Å². The maximum Gasteiger partial charge on any atom is 0.313 e. The predicted octanol–water partition coefficient (Wildman–Crippen LogP) is 1.50. The maximum atomic E-state index is 10.4. The summed E-state index contributed by atoms with van der Waals surface area (Å²) in [7, 11) is 0. The average molecular weight is 251 g/mol. The van der Waals surface area contributed by atoms with Crippen molar-refractivity contribution in [3.8, 4) is 0 Å². The van der Waals surface area contributed by atoms with Crippen molar-refractivity contribution in [3.05, 3.63) is 0 Å². The third-order valence-electron chi connectivity index (χ3n) is 2.65. The van der Waals surface area contributed by atoms with Crippen LogP contribution in [0.15, 0.2) is 4.99 Å². The predicted molar refractivity (Wildman–Crippen MR) is 64.0 cm³/mol. The quantitative estimate of drug-likeness (QED) is 0.780. The van der Waals surface area contributed by atoms with Gasteiger partial charge in [-0.25, -0.2) is 0 Å². The van der Waals surface area contributed by atoms with Crippen molar-refractivity contribution < 1.29 is 9.90 Å². The summed E-state index contributed by atoms with van der Waals surface area (Å²) in [5.41, 5.74) is 0. The number of thioether (sulfide) groups is 1. The number of nitrogens with one attached hydrogen (secondary N) is 1. The van der Waals surface area contributed by atoms with E-state index in [4.69, 9.17) is 5.11 Å². The summed E-state index contributed by atoms with van der Waals surface area (Å²) in [4.78, 5) is 14.9. The molecular formula is C9H15ClN2O2S. The molecule has 4 nitrogen and oxygen atoms in total. The van der Waals surface area contributed by atoms with E-state index in [1.54, 1.807) is 0 Å². The van der Waals surface area contributed by atoms with Gasteiger partial charge >= 0.3 is 5.97 Å². The number of hydrogen-bond acceptors (Lipinski definition) is 4. The lowest BCUT2D eigenvalue weighted by Gasteiger charge is -2.22. The number of aliphatic carboxylic acids is 1. The number of carboxylic acid groups (broad SMARTS) is 1. The van der Waals surface area contributed by atoms with E-state index in [0.29, 0.717) is 12.1 Å². The number of halogens is 1. The summed E-state index contributed by atoms with van der Waals surface area (Å²) in [6, 6.07) is 0.875. The molecule has 1 saturated carbocycles. The first-order valence-electron chi connectivity index (χ1n) is 4.94. The standard InChI is InChI=1S/C9H14N2O2S.ClH/c12-8(13)5-14-9-10-6-3-1-2-4-7(6)11-9;/h6-7H,1-5H2,(H,10,11)(H,12,13);1H. The molecule has 0 aromatic heterocycles. The zero-order valence-electron chi connectivity index (χ0n) is 8.31. The fourth-order valence-electron chi connectivity index (χ4n) is 1.99. The molecule has 0 aromatic carbocycles. The highest BCUT2D eigenvalue weighted by Gasteiger charge is 2.30. The molecule has 0 amide bonds. The van der Waals surface area contributed by atoms with Gasteiger partial charge in [-0.1, -0.05) is 24.6 Å². The van der Waals surface area contributed by atoms with Crippen molar-refractivity contribution in [2.75, 3.05) is 5.75 Å². The van der Waals surface area contributed by atoms with E-state index >= 15 is 0 Å². The lowest BCUT2D eigenvalue weighted by Crippen LogP contribution is -2.36. The van der Waals surface area contributed by atoms with E-state index in [-0.39, 0.29) is 18.2 Å². The molecule has 2 N–H and O–H groups in total. The smallest absolute Gasteiger partial charge is 0.313 e. The second-order valence-electron chi connectivity index (χ2n) is 3.72. The zero-order chi connectivity index (χ0) is 9.97. The van der Waals surface area contributed by atoms with E-state index in [0.717, 1.165) is 11.6 Å². The average Bonchev–Trinajstić information content (AvgIpc) is 2.57. The third kappa shape index (κ3) is 3.28. The molecule has 6 heteroatoms. The minimum Gasteiger partial charge on any atom is -0.481 e. The van der Waals surface area contributed by atoms with E-state index < -0.39 is 5.97 Å². The van der Waals surface area contributed by atoms with Gasteiger partial charge in [-0.05, 0) is 12.8 Å². The van der Waals surface area contributed by atoms with Crippen LogP contribution < -0.4 is 5.32 Å². The molecule has 1 aliphatic carbocycles. The van der Waals surface area contributed by atoms with Gasteiger partial charge in [0.25, 0.3) is 0 Å².